The van der Waals surface area contributed by atoms with E-state index < -0.39 is 19.8 Å². The second kappa shape index (κ2) is 10.4. The predicted octanol–water partition coefficient (Wildman–Crippen LogP) is 7.22. The first-order valence-corrected chi connectivity index (χ1v) is 15.0. The third kappa shape index (κ3) is 6.14. The molecule has 0 bridgehead atoms. The highest BCUT2D eigenvalue weighted by atomic mass is 35.5. The number of benzene rings is 3. The summed E-state index contributed by atoms with van der Waals surface area (Å²) in [5.74, 6) is -1.10. The van der Waals surface area contributed by atoms with Gasteiger partial charge in [0.05, 0.1) is 28.7 Å². The third-order valence-corrected chi connectivity index (χ3v) is 8.41. The number of nitrogens with zero attached hydrogens (tertiary/aromatic N) is 1. The van der Waals surface area contributed by atoms with Crippen LogP contribution in [-0.4, -0.2) is 25.4 Å². The Morgan fingerprint density at radius 1 is 0.875 bits per heavy atom. The lowest BCUT2D eigenvalue weighted by atomic mass is 10.1. The molecule has 0 aliphatic heterocycles. The first kappa shape index (κ1) is 24.8. The summed E-state index contributed by atoms with van der Waals surface area (Å²) < 4.78 is 14.6. The van der Waals surface area contributed by atoms with Crippen molar-refractivity contribution < 1.29 is 9.18 Å². The molecular weight excluding hydrogens is 484 g/mol. The van der Waals surface area contributed by atoms with Crippen LogP contribution in [0.4, 0.5) is 4.39 Å². The highest BCUT2D eigenvalue weighted by Gasteiger charge is 2.22. The number of carbonyl (C=O) groups excluding carboxylic acids is 1. The second-order valence-corrected chi connectivity index (χ2v) is 15.1. The first-order valence-electron chi connectivity index (χ1n) is 10.3. The molecule has 0 saturated heterocycles. The number of carbonyl (C=O) groups is 1. The molecule has 0 aliphatic rings. The molecule has 3 aromatic rings. The third-order valence-electron chi connectivity index (χ3n) is 5.32. The SMILES string of the molecule is C[Si](C)(C)c1ccc(CN(CCc2ccc(Cl)c(Cl)c2)C(=O)c2cccc(Cl)c2F)cc1. The lowest BCUT2D eigenvalue weighted by molar-refractivity contribution is 0.0740. The van der Waals surface area contributed by atoms with Crippen LogP contribution in [0.2, 0.25) is 34.7 Å². The summed E-state index contributed by atoms with van der Waals surface area (Å²) in [6.45, 7) is 7.61. The fourth-order valence-electron chi connectivity index (χ4n) is 3.38. The van der Waals surface area contributed by atoms with Gasteiger partial charge in [-0.05, 0) is 41.8 Å². The Morgan fingerprint density at radius 2 is 1.53 bits per heavy atom. The van der Waals surface area contributed by atoms with Gasteiger partial charge in [-0.2, -0.15) is 0 Å². The van der Waals surface area contributed by atoms with E-state index in [9.17, 15) is 9.18 Å². The molecular formula is C25H25Cl3FNOSi. The number of hydrogen-bond donors (Lipinski definition) is 0. The van der Waals surface area contributed by atoms with E-state index in [1.165, 1.54) is 17.3 Å². The summed E-state index contributed by atoms with van der Waals surface area (Å²) in [5, 5.41) is 2.22. The van der Waals surface area contributed by atoms with Gasteiger partial charge in [0, 0.05) is 13.1 Å². The van der Waals surface area contributed by atoms with Crippen molar-refractivity contribution in [1.82, 2.24) is 4.90 Å². The van der Waals surface area contributed by atoms with Crippen LogP contribution < -0.4 is 5.19 Å². The van der Waals surface area contributed by atoms with Gasteiger partial charge < -0.3 is 4.90 Å². The van der Waals surface area contributed by atoms with Gasteiger partial charge in [0.25, 0.3) is 5.91 Å². The summed E-state index contributed by atoms with van der Waals surface area (Å²) in [6.07, 6.45) is 0.553. The number of hydrogen-bond acceptors (Lipinski definition) is 1. The average Bonchev–Trinajstić information content (AvgIpc) is 2.74. The lowest BCUT2D eigenvalue weighted by Crippen LogP contribution is -2.37. The smallest absolute Gasteiger partial charge is 0.257 e. The van der Waals surface area contributed by atoms with Crippen LogP contribution in [0.5, 0.6) is 0 Å². The molecule has 0 atom stereocenters. The van der Waals surface area contributed by atoms with Crippen molar-refractivity contribution in [2.24, 2.45) is 0 Å². The molecule has 0 heterocycles. The van der Waals surface area contributed by atoms with Gasteiger partial charge in [-0.15, -0.1) is 0 Å². The van der Waals surface area contributed by atoms with E-state index in [2.05, 4.69) is 31.8 Å². The Balaban J connectivity index is 1.86. The molecule has 3 rings (SSSR count). The van der Waals surface area contributed by atoms with Crippen LogP contribution in [0.15, 0.2) is 60.7 Å². The molecule has 32 heavy (non-hydrogen) atoms. The highest BCUT2D eigenvalue weighted by molar-refractivity contribution is 6.88. The van der Waals surface area contributed by atoms with Crippen LogP contribution in [0.3, 0.4) is 0 Å². The molecule has 2 nitrogen and oxygen atoms in total. The molecule has 1 amide bonds. The summed E-state index contributed by atoms with van der Waals surface area (Å²) >= 11 is 18.1. The summed E-state index contributed by atoms with van der Waals surface area (Å²) in [5.41, 5.74) is 1.89. The van der Waals surface area contributed by atoms with E-state index in [1.54, 1.807) is 23.1 Å². The zero-order valence-corrected chi connectivity index (χ0v) is 21.5. The largest absolute Gasteiger partial charge is 0.334 e. The fourth-order valence-corrected chi connectivity index (χ4v) is 5.04. The molecule has 168 valence electrons. The van der Waals surface area contributed by atoms with Crippen molar-refractivity contribution in [1.29, 1.82) is 0 Å². The molecule has 0 radical (unpaired) electrons. The van der Waals surface area contributed by atoms with E-state index in [0.29, 0.717) is 29.6 Å². The van der Waals surface area contributed by atoms with Gasteiger partial charge in [-0.25, -0.2) is 4.39 Å². The summed E-state index contributed by atoms with van der Waals surface area (Å²) in [7, 11) is -1.42. The number of amides is 1. The molecule has 0 unspecified atom stereocenters. The average molecular weight is 509 g/mol. The van der Waals surface area contributed by atoms with Crippen molar-refractivity contribution in [3.05, 3.63) is 98.2 Å². The van der Waals surface area contributed by atoms with Gasteiger partial charge >= 0.3 is 0 Å². The first-order chi connectivity index (χ1) is 15.1. The van der Waals surface area contributed by atoms with Crippen molar-refractivity contribution in [3.63, 3.8) is 0 Å². The Kier molecular flexibility index (Phi) is 8.05. The minimum Gasteiger partial charge on any atom is -0.334 e. The Labute approximate surface area is 204 Å². The summed E-state index contributed by atoms with van der Waals surface area (Å²) in [6, 6.07) is 18.2. The van der Waals surface area contributed by atoms with Crippen LogP contribution >= 0.6 is 34.8 Å². The Hall–Kier alpha value is -1.85. The number of halogens is 4. The minimum atomic E-state index is -1.42. The van der Waals surface area contributed by atoms with Crippen molar-refractivity contribution in [2.75, 3.05) is 6.54 Å². The van der Waals surface area contributed by atoms with Gasteiger partial charge in [-0.1, -0.05) is 96.0 Å². The Bertz CT molecular complexity index is 1110. The predicted molar refractivity (Wildman–Crippen MR) is 136 cm³/mol. The summed E-state index contributed by atoms with van der Waals surface area (Å²) in [4.78, 5) is 14.9. The van der Waals surface area contributed by atoms with E-state index in [4.69, 9.17) is 34.8 Å². The molecule has 0 N–H and O–H groups in total. The fraction of sp³-hybridized carbons (Fsp3) is 0.240. The van der Waals surface area contributed by atoms with Crippen molar-refractivity contribution in [2.45, 2.75) is 32.6 Å². The maximum absolute atomic E-state index is 14.6. The zero-order valence-electron chi connectivity index (χ0n) is 18.3. The quantitative estimate of drug-likeness (QED) is 0.309. The van der Waals surface area contributed by atoms with Crippen LogP contribution in [0.1, 0.15) is 21.5 Å². The van der Waals surface area contributed by atoms with Crippen LogP contribution in [-0.2, 0) is 13.0 Å². The molecule has 0 spiro atoms. The van der Waals surface area contributed by atoms with Crippen molar-refractivity contribution in [3.8, 4) is 0 Å². The van der Waals surface area contributed by atoms with E-state index in [0.717, 1.165) is 11.1 Å². The lowest BCUT2D eigenvalue weighted by Gasteiger charge is -2.24. The van der Waals surface area contributed by atoms with Crippen LogP contribution in [0.25, 0.3) is 0 Å². The number of rotatable bonds is 7. The molecule has 7 heteroatoms. The van der Waals surface area contributed by atoms with E-state index in [1.807, 2.05) is 18.2 Å². The highest BCUT2D eigenvalue weighted by Crippen LogP contribution is 2.24. The minimum absolute atomic E-state index is 0.0367. The molecule has 0 fully saturated rings. The van der Waals surface area contributed by atoms with E-state index >= 15 is 0 Å². The Morgan fingerprint density at radius 3 is 2.16 bits per heavy atom. The maximum atomic E-state index is 14.6. The normalized spacial score (nSPS) is 11.5. The van der Waals surface area contributed by atoms with Crippen LogP contribution in [0, 0.1) is 5.82 Å². The molecule has 0 saturated carbocycles. The van der Waals surface area contributed by atoms with Gasteiger partial charge in [0.15, 0.2) is 5.82 Å². The molecule has 0 aliphatic carbocycles. The van der Waals surface area contributed by atoms with E-state index in [-0.39, 0.29) is 10.6 Å². The van der Waals surface area contributed by atoms with Crippen molar-refractivity contribution >= 4 is 54.0 Å². The molecule has 0 aromatic heterocycles. The standard InChI is InChI=1S/C25H25Cl3FNOSi/c1-32(2,3)19-10-7-18(8-11-19)16-30(14-13-17-9-12-21(26)23(28)15-17)25(31)20-5-4-6-22(27)24(20)29/h4-12,15H,13-14,16H2,1-3H3. The van der Waals surface area contributed by atoms with Gasteiger partial charge in [0.1, 0.15) is 0 Å². The second-order valence-electron chi connectivity index (χ2n) is 8.77. The topological polar surface area (TPSA) is 20.3 Å². The zero-order chi connectivity index (χ0) is 23.5. The molecule has 3 aromatic carbocycles. The van der Waals surface area contributed by atoms with Gasteiger partial charge in [0.2, 0.25) is 0 Å². The monoisotopic (exact) mass is 507 g/mol. The van der Waals surface area contributed by atoms with Gasteiger partial charge in [-0.3, -0.25) is 4.79 Å². The maximum Gasteiger partial charge on any atom is 0.257 e.